The highest BCUT2D eigenvalue weighted by Crippen LogP contribution is 2.35. The molecule has 8 heteroatoms. The molecular weight excluding hydrogens is 367 g/mol. The lowest BCUT2D eigenvalue weighted by molar-refractivity contribution is 0.414. The number of halogens is 2. The van der Waals surface area contributed by atoms with E-state index in [0.29, 0.717) is 12.2 Å². The first kappa shape index (κ1) is 19.3. The number of sulfonamides is 1. The predicted molar refractivity (Wildman–Crippen MR) is 99.1 cm³/mol. The zero-order valence-electron chi connectivity index (χ0n) is 14.0. The summed E-state index contributed by atoms with van der Waals surface area (Å²) in [6, 6.07) is 9.42. The van der Waals surface area contributed by atoms with Gasteiger partial charge < -0.3 is 10.5 Å². The third kappa shape index (κ3) is 4.35. The Hall–Kier alpha value is -1.99. The van der Waals surface area contributed by atoms with Crippen molar-refractivity contribution in [3.05, 3.63) is 52.8 Å². The molecule has 0 aromatic heterocycles. The summed E-state index contributed by atoms with van der Waals surface area (Å²) >= 11 is 6.12. The van der Waals surface area contributed by atoms with Gasteiger partial charge in [0.25, 0.3) is 0 Å². The molecule has 0 aliphatic heterocycles. The van der Waals surface area contributed by atoms with Crippen molar-refractivity contribution in [1.29, 1.82) is 0 Å². The Labute approximate surface area is 152 Å². The van der Waals surface area contributed by atoms with Crippen LogP contribution in [0.25, 0.3) is 0 Å². The highest BCUT2D eigenvalue weighted by Gasteiger charge is 2.25. The van der Waals surface area contributed by atoms with Gasteiger partial charge in [0.2, 0.25) is 10.0 Å². The summed E-state index contributed by atoms with van der Waals surface area (Å²) < 4.78 is 45.3. The minimum absolute atomic E-state index is 0.0527. The van der Waals surface area contributed by atoms with Crippen LogP contribution >= 0.6 is 11.6 Å². The van der Waals surface area contributed by atoms with Gasteiger partial charge in [0.15, 0.2) is 0 Å². The molecule has 25 heavy (non-hydrogen) atoms. The van der Waals surface area contributed by atoms with Crippen LogP contribution in [0.5, 0.6) is 5.75 Å². The number of nitrogen functional groups attached to an aromatic ring is 1. The Morgan fingerprint density at radius 1 is 1.20 bits per heavy atom. The van der Waals surface area contributed by atoms with Crippen molar-refractivity contribution in [2.24, 2.45) is 0 Å². The first-order chi connectivity index (χ1) is 11.8. The van der Waals surface area contributed by atoms with E-state index in [1.54, 1.807) is 38.3 Å². The summed E-state index contributed by atoms with van der Waals surface area (Å²) in [5.41, 5.74) is 6.24. The Kier molecular flexibility index (Phi) is 6.13. The average molecular weight is 387 g/mol. The molecule has 2 aromatic carbocycles. The molecule has 2 N–H and O–H groups in total. The first-order valence-corrected chi connectivity index (χ1v) is 9.65. The standard InChI is InChI=1S/C17H20ClFN2O3S/c1-3-10-25(22,23)21(11-12-4-6-13(24-2)7-5-12)15-9-8-14(19)17(20)16(15)18/h4-9H,3,10-11,20H2,1-2H3. The van der Waals surface area contributed by atoms with Gasteiger partial charge in [0, 0.05) is 0 Å². The van der Waals surface area contributed by atoms with Gasteiger partial charge in [-0.25, -0.2) is 12.8 Å². The van der Waals surface area contributed by atoms with Crippen molar-refractivity contribution in [2.45, 2.75) is 19.9 Å². The fraction of sp³-hybridized carbons (Fsp3) is 0.294. The number of hydrogen-bond donors (Lipinski definition) is 1. The fourth-order valence-electron chi connectivity index (χ4n) is 2.35. The van der Waals surface area contributed by atoms with Gasteiger partial charge >= 0.3 is 0 Å². The normalized spacial score (nSPS) is 11.4. The zero-order chi connectivity index (χ0) is 18.6. The van der Waals surface area contributed by atoms with Crippen LogP contribution in [-0.2, 0) is 16.6 Å². The van der Waals surface area contributed by atoms with E-state index in [0.717, 1.165) is 15.9 Å². The van der Waals surface area contributed by atoms with Crippen molar-refractivity contribution in [3.8, 4) is 5.75 Å². The summed E-state index contributed by atoms with van der Waals surface area (Å²) in [6.45, 7) is 1.82. The van der Waals surface area contributed by atoms with Gasteiger partial charge in [0.05, 0.1) is 35.8 Å². The van der Waals surface area contributed by atoms with Gasteiger partial charge in [0.1, 0.15) is 11.6 Å². The minimum Gasteiger partial charge on any atom is -0.497 e. The second-order valence-corrected chi connectivity index (χ2v) is 7.86. The summed E-state index contributed by atoms with van der Waals surface area (Å²) in [7, 11) is -2.10. The van der Waals surface area contributed by atoms with E-state index in [4.69, 9.17) is 22.1 Å². The molecular formula is C17H20ClFN2O3S. The molecule has 0 amide bonds. The van der Waals surface area contributed by atoms with Crippen LogP contribution in [0.3, 0.4) is 0 Å². The van der Waals surface area contributed by atoms with Crippen molar-refractivity contribution in [2.75, 3.05) is 22.9 Å². The second-order valence-electron chi connectivity index (χ2n) is 5.46. The quantitative estimate of drug-likeness (QED) is 0.734. The zero-order valence-corrected chi connectivity index (χ0v) is 15.6. The van der Waals surface area contributed by atoms with E-state index in [9.17, 15) is 12.8 Å². The number of nitrogens with two attached hydrogens (primary N) is 1. The number of nitrogens with zero attached hydrogens (tertiary/aromatic N) is 1. The van der Waals surface area contributed by atoms with Gasteiger partial charge in [-0.3, -0.25) is 4.31 Å². The van der Waals surface area contributed by atoms with Gasteiger partial charge in [-0.15, -0.1) is 0 Å². The van der Waals surface area contributed by atoms with Crippen LogP contribution in [0.1, 0.15) is 18.9 Å². The molecule has 0 unspecified atom stereocenters. The lowest BCUT2D eigenvalue weighted by Gasteiger charge is -2.26. The van der Waals surface area contributed by atoms with Crippen molar-refractivity contribution >= 4 is 33.0 Å². The van der Waals surface area contributed by atoms with E-state index in [1.165, 1.54) is 6.07 Å². The summed E-state index contributed by atoms with van der Waals surface area (Å²) in [6.07, 6.45) is 0.440. The molecule has 2 rings (SSSR count). The maximum absolute atomic E-state index is 13.6. The summed E-state index contributed by atoms with van der Waals surface area (Å²) in [5.74, 6) is -0.0849. The molecule has 136 valence electrons. The van der Waals surface area contributed by atoms with Crippen molar-refractivity contribution in [1.82, 2.24) is 0 Å². The average Bonchev–Trinajstić information content (AvgIpc) is 2.59. The molecule has 0 saturated carbocycles. The number of anilines is 2. The number of methoxy groups -OCH3 is 1. The molecule has 0 radical (unpaired) electrons. The summed E-state index contributed by atoms with van der Waals surface area (Å²) in [5, 5.41) is -0.117. The molecule has 0 spiro atoms. The largest absolute Gasteiger partial charge is 0.497 e. The van der Waals surface area contributed by atoms with Crippen LogP contribution in [0.15, 0.2) is 36.4 Å². The van der Waals surface area contributed by atoms with E-state index in [2.05, 4.69) is 0 Å². The molecule has 0 saturated heterocycles. The lowest BCUT2D eigenvalue weighted by Crippen LogP contribution is -2.33. The molecule has 2 aromatic rings. The number of hydrogen-bond acceptors (Lipinski definition) is 4. The maximum atomic E-state index is 13.6. The van der Waals surface area contributed by atoms with Gasteiger partial charge in [-0.2, -0.15) is 0 Å². The molecule has 0 aliphatic carbocycles. The summed E-state index contributed by atoms with van der Waals surface area (Å²) in [4.78, 5) is 0. The number of rotatable bonds is 7. The minimum atomic E-state index is -3.65. The first-order valence-electron chi connectivity index (χ1n) is 7.67. The third-order valence-corrected chi connectivity index (χ3v) is 5.98. The maximum Gasteiger partial charge on any atom is 0.235 e. The van der Waals surface area contributed by atoms with E-state index >= 15 is 0 Å². The Morgan fingerprint density at radius 2 is 1.84 bits per heavy atom. The Balaban J connectivity index is 2.48. The molecule has 0 heterocycles. The van der Waals surface area contributed by atoms with Crippen LogP contribution in [-0.4, -0.2) is 21.3 Å². The Bertz CT molecular complexity index is 842. The molecule has 0 bridgehead atoms. The predicted octanol–water partition coefficient (Wildman–Crippen LogP) is 3.82. The van der Waals surface area contributed by atoms with E-state index < -0.39 is 15.8 Å². The van der Waals surface area contributed by atoms with Gasteiger partial charge in [-0.1, -0.05) is 30.7 Å². The third-order valence-electron chi connectivity index (χ3n) is 3.66. The number of benzene rings is 2. The topological polar surface area (TPSA) is 72.6 Å². The molecule has 0 aliphatic rings. The van der Waals surface area contributed by atoms with Gasteiger partial charge in [-0.05, 0) is 36.2 Å². The SMILES string of the molecule is CCCS(=O)(=O)N(Cc1ccc(OC)cc1)c1ccc(F)c(N)c1Cl. The van der Waals surface area contributed by atoms with Crippen LogP contribution in [0.4, 0.5) is 15.8 Å². The molecule has 0 atom stereocenters. The van der Waals surface area contributed by atoms with Crippen LogP contribution < -0.4 is 14.8 Å². The van der Waals surface area contributed by atoms with Crippen molar-refractivity contribution < 1.29 is 17.5 Å². The van der Waals surface area contributed by atoms with E-state index in [1.807, 2.05) is 0 Å². The monoisotopic (exact) mass is 386 g/mol. The lowest BCUT2D eigenvalue weighted by atomic mass is 10.2. The molecule has 0 fully saturated rings. The van der Waals surface area contributed by atoms with Crippen LogP contribution in [0.2, 0.25) is 5.02 Å². The fourth-order valence-corrected chi connectivity index (χ4v) is 4.19. The smallest absolute Gasteiger partial charge is 0.235 e. The van der Waals surface area contributed by atoms with Crippen molar-refractivity contribution in [3.63, 3.8) is 0 Å². The van der Waals surface area contributed by atoms with Crippen LogP contribution in [0, 0.1) is 5.82 Å². The van der Waals surface area contributed by atoms with E-state index in [-0.39, 0.29) is 28.7 Å². The number of ether oxygens (including phenoxy) is 1. The highest BCUT2D eigenvalue weighted by atomic mass is 35.5. The Morgan fingerprint density at radius 3 is 2.40 bits per heavy atom. The highest BCUT2D eigenvalue weighted by molar-refractivity contribution is 7.92. The second kappa shape index (κ2) is 7.93. The molecule has 5 nitrogen and oxygen atoms in total.